The first-order chi connectivity index (χ1) is 11.6. The molecule has 2 aliphatic heterocycles. The minimum Gasteiger partial charge on any atom is -0.339 e. The van der Waals surface area contributed by atoms with Crippen LogP contribution in [0.2, 0.25) is 5.02 Å². The van der Waals surface area contributed by atoms with Crippen molar-refractivity contribution in [3.05, 3.63) is 28.8 Å². The topological polar surface area (TPSA) is 61.4 Å². The predicted octanol–water partition coefficient (Wildman–Crippen LogP) is 3.47. The lowest BCUT2D eigenvalue weighted by atomic mass is 10.1. The maximum absolute atomic E-state index is 12.5. The van der Waals surface area contributed by atoms with E-state index < -0.39 is 0 Å². The van der Waals surface area contributed by atoms with Gasteiger partial charge in [0.25, 0.3) is 5.91 Å². The van der Waals surface area contributed by atoms with Gasteiger partial charge in [-0.25, -0.2) is 0 Å². The van der Waals surface area contributed by atoms with Crippen molar-refractivity contribution in [1.82, 2.24) is 10.2 Å². The van der Waals surface area contributed by atoms with Gasteiger partial charge in [-0.3, -0.25) is 9.59 Å². The van der Waals surface area contributed by atoms with Gasteiger partial charge in [0, 0.05) is 31.2 Å². The van der Waals surface area contributed by atoms with E-state index in [4.69, 9.17) is 11.6 Å². The normalized spacial score (nSPS) is 20.0. The van der Waals surface area contributed by atoms with Crippen molar-refractivity contribution in [1.29, 1.82) is 0 Å². The molecule has 2 N–H and O–H groups in total. The van der Waals surface area contributed by atoms with Gasteiger partial charge in [-0.15, -0.1) is 12.4 Å². The highest BCUT2D eigenvalue weighted by Crippen LogP contribution is 2.24. The largest absolute Gasteiger partial charge is 0.339 e. The molecule has 1 aromatic rings. The lowest BCUT2D eigenvalue weighted by Gasteiger charge is -2.27. The number of carbonyl (C=O) groups excluding carboxylic acids is 2. The number of hydrogen-bond acceptors (Lipinski definition) is 3. The van der Waals surface area contributed by atoms with Gasteiger partial charge in [0.15, 0.2) is 0 Å². The number of carbonyl (C=O) groups is 2. The van der Waals surface area contributed by atoms with E-state index in [0.717, 1.165) is 45.3 Å². The molecular weight excluding hydrogens is 361 g/mol. The van der Waals surface area contributed by atoms with E-state index in [2.05, 4.69) is 10.6 Å². The lowest BCUT2D eigenvalue weighted by Crippen LogP contribution is -2.35. The minimum absolute atomic E-state index is 0. The molecule has 1 unspecified atom stereocenters. The number of nitrogens with one attached hydrogen (secondary N) is 2. The molecule has 0 spiro atoms. The number of piperidine rings is 1. The summed E-state index contributed by atoms with van der Waals surface area (Å²) in [6, 6.07) is 5.39. The Balaban J connectivity index is 0.00000225. The van der Waals surface area contributed by atoms with Gasteiger partial charge in [-0.1, -0.05) is 11.6 Å². The monoisotopic (exact) mass is 385 g/mol. The summed E-state index contributed by atoms with van der Waals surface area (Å²) in [7, 11) is 0. The Morgan fingerprint density at radius 3 is 2.60 bits per heavy atom. The van der Waals surface area contributed by atoms with Crippen LogP contribution < -0.4 is 10.6 Å². The molecular formula is C18H25Cl2N3O2. The van der Waals surface area contributed by atoms with E-state index in [1.54, 1.807) is 18.2 Å². The van der Waals surface area contributed by atoms with Gasteiger partial charge in [0.05, 0.1) is 10.6 Å². The summed E-state index contributed by atoms with van der Waals surface area (Å²) in [5.74, 6) is -0.0479. The molecule has 5 nitrogen and oxygen atoms in total. The number of rotatable bonds is 4. The highest BCUT2D eigenvalue weighted by atomic mass is 35.5. The van der Waals surface area contributed by atoms with Crippen LogP contribution in [0.15, 0.2) is 18.2 Å². The first-order valence-corrected chi connectivity index (χ1v) is 9.13. The Morgan fingerprint density at radius 2 is 1.96 bits per heavy atom. The third kappa shape index (κ3) is 5.33. The van der Waals surface area contributed by atoms with Gasteiger partial charge in [-0.2, -0.15) is 0 Å². The molecule has 3 rings (SSSR count). The fourth-order valence-electron chi connectivity index (χ4n) is 3.40. The third-order valence-electron chi connectivity index (χ3n) is 4.72. The molecule has 7 heteroatoms. The summed E-state index contributed by atoms with van der Waals surface area (Å²) in [4.78, 5) is 26.5. The highest BCUT2D eigenvalue weighted by Gasteiger charge is 2.21. The number of nitrogens with zero attached hydrogens (tertiary/aromatic N) is 1. The second-order valence-electron chi connectivity index (χ2n) is 6.59. The number of amides is 2. The first kappa shape index (κ1) is 20.0. The van der Waals surface area contributed by atoms with Gasteiger partial charge < -0.3 is 15.5 Å². The molecule has 0 radical (unpaired) electrons. The molecule has 138 valence electrons. The molecule has 25 heavy (non-hydrogen) atoms. The maximum atomic E-state index is 12.5. The van der Waals surface area contributed by atoms with Crippen molar-refractivity contribution in [3.63, 3.8) is 0 Å². The quantitative estimate of drug-likeness (QED) is 0.833. The Kier molecular flexibility index (Phi) is 7.54. The van der Waals surface area contributed by atoms with Crippen molar-refractivity contribution in [2.45, 2.75) is 44.6 Å². The van der Waals surface area contributed by atoms with Crippen LogP contribution in [0, 0.1) is 0 Å². The van der Waals surface area contributed by atoms with Crippen molar-refractivity contribution in [3.8, 4) is 0 Å². The summed E-state index contributed by atoms with van der Waals surface area (Å²) in [6.07, 6.45) is 5.90. The molecule has 0 bridgehead atoms. The standard InChI is InChI=1S/C18H24ClN3O2.ClH/c19-16-11-14(21-17(23)12-13-5-4-8-20-13)6-7-15(16)18(24)22-9-2-1-3-10-22;/h6-7,11,13,20H,1-5,8-10,12H2,(H,21,23);1H. The average molecular weight is 386 g/mol. The Labute approximate surface area is 159 Å². The van der Waals surface area contributed by atoms with Crippen molar-refractivity contribution in [2.24, 2.45) is 0 Å². The summed E-state index contributed by atoms with van der Waals surface area (Å²) in [5.41, 5.74) is 1.15. The summed E-state index contributed by atoms with van der Waals surface area (Å²) in [6.45, 7) is 2.57. The molecule has 2 fully saturated rings. The third-order valence-corrected chi connectivity index (χ3v) is 5.03. The molecule has 2 heterocycles. The van der Waals surface area contributed by atoms with Crippen LogP contribution in [-0.4, -0.2) is 42.4 Å². The van der Waals surface area contributed by atoms with E-state index in [-0.39, 0.29) is 30.3 Å². The van der Waals surface area contributed by atoms with Gasteiger partial charge in [0.2, 0.25) is 5.91 Å². The number of benzene rings is 1. The summed E-state index contributed by atoms with van der Waals surface area (Å²) >= 11 is 6.29. The van der Waals surface area contributed by atoms with Crippen LogP contribution in [0.1, 0.15) is 48.9 Å². The number of halogens is 2. The molecule has 2 saturated heterocycles. The van der Waals surface area contributed by atoms with Gasteiger partial charge in [0.1, 0.15) is 0 Å². The zero-order valence-corrected chi connectivity index (χ0v) is 15.8. The zero-order chi connectivity index (χ0) is 16.9. The van der Waals surface area contributed by atoms with Crippen LogP contribution in [-0.2, 0) is 4.79 Å². The number of hydrogen-bond donors (Lipinski definition) is 2. The SMILES string of the molecule is Cl.O=C(CC1CCCN1)Nc1ccc(C(=O)N2CCCCC2)c(Cl)c1. The molecule has 1 aromatic carbocycles. The molecule has 2 aliphatic rings. The van der Waals surface area contributed by atoms with E-state index in [0.29, 0.717) is 22.7 Å². The molecule has 2 amide bonds. The van der Waals surface area contributed by atoms with Crippen molar-refractivity contribution < 1.29 is 9.59 Å². The Bertz CT molecular complexity index is 612. The van der Waals surface area contributed by atoms with E-state index >= 15 is 0 Å². The van der Waals surface area contributed by atoms with Crippen LogP contribution in [0.5, 0.6) is 0 Å². The second-order valence-corrected chi connectivity index (χ2v) is 7.00. The van der Waals surface area contributed by atoms with Crippen LogP contribution in [0.25, 0.3) is 0 Å². The average Bonchev–Trinajstić information content (AvgIpc) is 3.08. The van der Waals surface area contributed by atoms with Gasteiger partial charge in [-0.05, 0) is 56.8 Å². The number of likely N-dealkylation sites (tertiary alicyclic amines) is 1. The summed E-state index contributed by atoms with van der Waals surface area (Å²) < 4.78 is 0. The van der Waals surface area contributed by atoms with E-state index in [1.165, 1.54) is 6.42 Å². The Hall–Kier alpha value is -1.30. The summed E-state index contributed by atoms with van der Waals surface area (Å²) in [5, 5.41) is 6.57. The Morgan fingerprint density at radius 1 is 1.20 bits per heavy atom. The second kappa shape index (κ2) is 9.41. The first-order valence-electron chi connectivity index (χ1n) is 8.75. The van der Waals surface area contributed by atoms with Crippen LogP contribution >= 0.6 is 24.0 Å². The van der Waals surface area contributed by atoms with Gasteiger partial charge >= 0.3 is 0 Å². The molecule has 1 atom stereocenters. The van der Waals surface area contributed by atoms with Crippen LogP contribution in [0.4, 0.5) is 5.69 Å². The van der Waals surface area contributed by atoms with Crippen molar-refractivity contribution >= 4 is 41.5 Å². The lowest BCUT2D eigenvalue weighted by molar-refractivity contribution is -0.116. The fraction of sp³-hybridized carbons (Fsp3) is 0.556. The van der Waals surface area contributed by atoms with E-state index in [1.807, 2.05) is 4.90 Å². The van der Waals surface area contributed by atoms with Crippen molar-refractivity contribution in [2.75, 3.05) is 25.0 Å². The van der Waals surface area contributed by atoms with Crippen LogP contribution in [0.3, 0.4) is 0 Å². The maximum Gasteiger partial charge on any atom is 0.255 e. The number of anilines is 1. The highest BCUT2D eigenvalue weighted by molar-refractivity contribution is 6.34. The van der Waals surface area contributed by atoms with E-state index in [9.17, 15) is 9.59 Å². The smallest absolute Gasteiger partial charge is 0.255 e. The zero-order valence-electron chi connectivity index (χ0n) is 14.2. The molecule has 0 aromatic heterocycles. The predicted molar refractivity (Wildman–Crippen MR) is 103 cm³/mol. The fourth-order valence-corrected chi connectivity index (χ4v) is 3.66. The molecule has 0 aliphatic carbocycles. The molecule has 0 saturated carbocycles. The minimum atomic E-state index is -0.0272.